The Morgan fingerprint density at radius 3 is 3.06 bits per heavy atom. The normalized spacial score (nSPS) is 20.5. The Morgan fingerprint density at radius 1 is 1.59 bits per heavy atom. The summed E-state index contributed by atoms with van der Waals surface area (Å²) in [6, 6.07) is 4.50. The number of nitrogens with one attached hydrogen (secondary N) is 1. The van der Waals surface area contributed by atoms with E-state index in [2.05, 4.69) is 5.32 Å². The zero-order valence-corrected chi connectivity index (χ0v) is 9.74. The summed E-state index contributed by atoms with van der Waals surface area (Å²) in [4.78, 5) is 11.5. The third-order valence-corrected chi connectivity index (χ3v) is 3.12. The van der Waals surface area contributed by atoms with Gasteiger partial charge < -0.3 is 10.4 Å². The van der Waals surface area contributed by atoms with Crippen LogP contribution in [0.3, 0.4) is 0 Å². The Morgan fingerprint density at radius 2 is 2.35 bits per heavy atom. The van der Waals surface area contributed by atoms with Crippen molar-refractivity contribution in [1.82, 2.24) is 5.32 Å². The van der Waals surface area contributed by atoms with Gasteiger partial charge in [-0.25, -0.2) is 4.39 Å². The molecule has 0 spiro atoms. The molecular formula is C13H16FNO2. The number of carbonyl (C=O) groups is 1. The molecule has 1 aliphatic rings. The molecule has 2 N–H and O–H groups in total. The van der Waals surface area contributed by atoms with Gasteiger partial charge in [-0.1, -0.05) is 6.07 Å². The molecule has 0 heterocycles. The van der Waals surface area contributed by atoms with E-state index in [1.54, 1.807) is 6.07 Å². The molecule has 1 aromatic carbocycles. The van der Waals surface area contributed by atoms with Crippen LogP contribution in [-0.4, -0.2) is 17.1 Å². The molecule has 0 saturated heterocycles. The van der Waals surface area contributed by atoms with Crippen molar-refractivity contribution in [2.45, 2.75) is 38.3 Å². The van der Waals surface area contributed by atoms with Gasteiger partial charge in [0, 0.05) is 0 Å². The zero-order valence-electron chi connectivity index (χ0n) is 9.74. The Labute approximate surface area is 99.7 Å². The van der Waals surface area contributed by atoms with Crippen LogP contribution >= 0.6 is 0 Å². The fraction of sp³-hybridized carbons (Fsp3) is 0.462. The van der Waals surface area contributed by atoms with Crippen molar-refractivity contribution in [3.8, 4) is 0 Å². The number of aliphatic hydroxyl groups excluding tert-OH is 1. The molecule has 1 aliphatic carbocycles. The standard InChI is InChI=1S/C13H16FNO2/c1-8(16)13(17)15-12-4-2-3-9-5-6-10(14)7-11(9)12/h5-8,12,16H,2-4H2,1H3,(H,15,17). The van der Waals surface area contributed by atoms with E-state index in [9.17, 15) is 9.18 Å². The monoisotopic (exact) mass is 237 g/mol. The van der Waals surface area contributed by atoms with Gasteiger partial charge in [-0.2, -0.15) is 0 Å². The van der Waals surface area contributed by atoms with E-state index in [4.69, 9.17) is 5.11 Å². The van der Waals surface area contributed by atoms with Crippen LogP contribution < -0.4 is 5.32 Å². The molecule has 0 fully saturated rings. The molecule has 2 unspecified atom stereocenters. The lowest BCUT2D eigenvalue weighted by atomic mass is 9.87. The summed E-state index contributed by atoms with van der Waals surface area (Å²) < 4.78 is 13.2. The number of benzene rings is 1. The molecular weight excluding hydrogens is 221 g/mol. The molecule has 0 aromatic heterocycles. The van der Waals surface area contributed by atoms with Crippen LogP contribution in [0.2, 0.25) is 0 Å². The summed E-state index contributed by atoms with van der Waals surface area (Å²) >= 11 is 0. The molecule has 0 radical (unpaired) electrons. The molecule has 4 heteroatoms. The van der Waals surface area contributed by atoms with Crippen molar-refractivity contribution in [2.24, 2.45) is 0 Å². The number of fused-ring (bicyclic) bond motifs is 1. The first kappa shape index (κ1) is 12.0. The van der Waals surface area contributed by atoms with Gasteiger partial charge in [-0.15, -0.1) is 0 Å². The van der Waals surface area contributed by atoms with Crippen molar-refractivity contribution >= 4 is 5.91 Å². The highest BCUT2D eigenvalue weighted by molar-refractivity contribution is 5.80. The first-order valence-corrected chi connectivity index (χ1v) is 5.84. The van der Waals surface area contributed by atoms with Crippen LogP contribution in [0.4, 0.5) is 4.39 Å². The van der Waals surface area contributed by atoms with Crippen molar-refractivity contribution in [2.75, 3.05) is 0 Å². The van der Waals surface area contributed by atoms with E-state index in [0.717, 1.165) is 30.4 Å². The zero-order chi connectivity index (χ0) is 12.4. The van der Waals surface area contributed by atoms with Gasteiger partial charge in [0.2, 0.25) is 5.91 Å². The smallest absolute Gasteiger partial charge is 0.249 e. The Kier molecular flexibility index (Phi) is 3.43. The molecule has 1 amide bonds. The molecule has 17 heavy (non-hydrogen) atoms. The number of rotatable bonds is 2. The van der Waals surface area contributed by atoms with Crippen LogP contribution in [0.15, 0.2) is 18.2 Å². The summed E-state index contributed by atoms with van der Waals surface area (Å²) in [6.45, 7) is 1.42. The quantitative estimate of drug-likeness (QED) is 0.822. The average Bonchev–Trinajstić information content (AvgIpc) is 2.29. The summed E-state index contributed by atoms with van der Waals surface area (Å²) in [6.07, 6.45) is 1.63. The van der Waals surface area contributed by atoms with Crippen molar-refractivity contribution in [3.63, 3.8) is 0 Å². The highest BCUT2D eigenvalue weighted by atomic mass is 19.1. The minimum absolute atomic E-state index is 0.184. The Hall–Kier alpha value is -1.42. The van der Waals surface area contributed by atoms with E-state index >= 15 is 0 Å². The first-order chi connectivity index (χ1) is 8.08. The van der Waals surface area contributed by atoms with Crippen LogP contribution in [0.1, 0.15) is 36.9 Å². The Bertz CT molecular complexity index is 431. The van der Waals surface area contributed by atoms with Gasteiger partial charge in [-0.05, 0) is 49.4 Å². The highest BCUT2D eigenvalue weighted by Crippen LogP contribution is 2.30. The molecule has 0 saturated carbocycles. The topological polar surface area (TPSA) is 49.3 Å². The molecule has 0 aliphatic heterocycles. The molecule has 2 atom stereocenters. The fourth-order valence-electron chi connectivity index (χ4n) is 2.21. The summed E-state index contributed by atoms with van der Waals surface area (Å²) in [7, 11) is 0. The number of amides is 1. The maximum atomic E-state index is 13.2. The third kappa shape index (κ3) is 2.64. The second kappa shape index (κ2) is 4.84. The van der Waals surface area contributed by atoms with Gasteiger partial charge in [0.15, 0.2) is 0 Å². The number of hydrogen-bond acceptors (Lipinski definition) is 2. The first-order valence-electron chi connectivity index (χ1n) is 5.84. The third-order valence-electron chi connectivity index (χ3n) is 3.12. The SMILES string of the molecule is CC(O)C(=O)NC1CCCc2ccc(F)cc21. The van der Waals surface area contributed by atoms with Crippen LogP contribution in [0.5, 0.6) is 0 Å². The molecule has 0 bridgehead atoms. The summed E-state index contributed by atoms with van der Waals surface area (Å²) in [5.41, 5.74) is 1.92. The average molecular weight is 237 g/mol. The number of hydrogen-bond donors (Lipinski definition) is 2. The number of carbonyl (C=O) groups excluding carboxylic acids is 1. The molecule has 1 aromatic rings. The van der Waals surface area contributed by atoms with Gasteiger partial charge in [-0.3, -0.25) is 4.79 Å². The van der Waals surface area contributed by atoms with Crippen LogP contribution in [-0.2, 0) is 11.2 Å². The lowest BCUT2D eigenvalue weighted by Crippen LogP contribution is -2.37. The predicted octanol–water partition coefficient (Wildman–Crippen LogP) is 1.70. The second-order valence-electron chi connectivity index (χ2n) is 4.47. The molecule has 3 nitrogen and oxygen atoms in total. The number of aryl methyl sites for hydroxylation is 1. The fourth-order valence-corrected chi connectivity index (χ4v) is 2.21. The largest absolute Gasteiger partial charge is 0.384 e. The van der Waals surface area contributed by atoms with Crippen molar-refractivity contribution in [3.05, 3.63) is 35.1 Å². The van der Waals surface area contributed by atoms with E-state index in [1.165, 1.54) is 19.1 Å². The van der Waals surface area contributed by atoms with Crippen molar-refractivity contribution < 1.29 is 14.3 Å². The maximum Gasteiger partial charge on any atom is 0.249 e. The summed E-state index contributed by atoms with van der Waals surface area (Å²) in [5.74, 6) is -0.700. The van der Waals surface area contributed by atoms with Gasteiger partial charge in [0.25, 0.3) is 0 Å². The Balaban J connectivity index is 2.22. The van der Waals surface area contributed by atoms with Crippen molar-refractivity contribution in [1.29, 1.82) is 0 Å². The number of aliphatic hydroxyl groups is 1. The van der Waals surface area contributed by atoms with Gasteiger partial charge >= 0.3 is 0 Å². The maximum absolute atomic E-state index is 13.2. The number of halogens is 1. The van der Waals surface area contributed by atoms with Crippen LogP contribution in [0.25, 0.3) is 0 Å². The van der Waals surface area contributed by atoms with E-state index in [1.807, 2.05) is 0 Å². The van der Waals surface area contributed by atoms with Gasteiger partial charge in [0.1, 0.15) is 11.9 Å². The van der Waals surface area contributed by atoms with Gasteiger partial charge in [0.05, 0.1) is 6.04 Å². The summed E-state index contributed by atoms with van der Waals surface area (Å²) in [5, 5.41) is 11.9. The lowest BCUT2D eigenvalue weighted by Gasteiger charge is -2.26. The van der Waals surface area contributed by atoms with E-state index < -0.39 is 12.0 Å². The predicted molar refractivity (Wildman–Crippen MR) is 61.9 cm³/mol. The molecule has 92 valence electrons. The minimum atomic E-state index is -1.03. The van der Waals surface area contributed by atoms with E-state index in [0.29, 0.717) is 0 Å². The minimum Gasteiger partial charge on any atom is -0.384 e. The van der Waals surface area contributed by atoms with Crippen LogP contribution in [0, 0.1) is 5.82 Å². The molecule has 2 rings (SSSR count). The second-order valence-corrected chi connectivity index (χ2v) is 4.47. The van der Waals surface area contributed by atoms with E-state index in [-0.39, 0.29) is 11.9 Å². The highest BCUT2D eigenvalue weighted by Gasteiger charge is 2.23. The lowest BCUT2D eigenvalue weighted by molar-refractivity contribution is -0.129.